The van der Waals surface area contributed by atoms with Gasteiger partial charge < -0.3 is 64.9 Å². The van der Waals surface area contributed by atoms with E-state index in [1.807, 2.05) is 19.9 Å². The van der Waals surface area contributed by atoms with Gasteiger partial charge in [0.15, 0.2) is 0 Å². The summed E-state index contributed by atoms with van der Waals surface area (Å²) in [6.45, 7) is 1.86. The second-order valence-electron chi connectivity index (χ2n) is 9.29. The van der Waals surface area contributed by atoms with E-state index in [4.69, 9.17) is 18.9 Å². The van der Waals surface area contributed by atoms with Crippen molar-refractivity contribution >= 4 is 0 Å². The van der Waals surface area contributed by atoms with Crippen molar-refractivity contribution in [1.82, 2.24) is 0 Å². The van der Waals surface area contributed by atoms with E-state index in [1.165, 1.54) is 12.1 Å². The number of allylic oxidation sites excluding steroid dienone is 2. The van der Waals surface area contributed by atoms with Crippen molar-refractivity contribution in [3.63, 3.8) is 0 Å². The molecule has 1 aromatic carbocycles. The summed E-state index contributed by atoms with van der Waals surface area (Å²) in [6, 6.07) is 2.80. The Labute approximate surface area is 213 Å². The molecule has 1 aromatic rings. The van der Waals surface area contributed by atoms with Gasteiger partial charge in [-0.2, -0.15) is 0 Å². The average molecular weight is 533 g/mol. The highest BCUT2D eigenvalue weighted by Gasteiger charge is 2.46. The van der Waals surface area contributed by atoms with Crippen LogP contribution >= 0.6 is 0 Å². The Bertz CT molecular complexity index is 916. The van der Waals surface area contributed by atoms with Gasteiger partial charge in [-0.1, -0.05) is 11.6 Å². The fourth-order valence-electron chi connectivity index (χ4n) is 4.15. The summed E-state index contributed by atoms with van der Waals surface area (Å²) < 4.78 is 22.4. The lowest BCUT2D eigenvalue weighted by Gasteiger charge is -2.40. The van der Waals surface area contributed by atoms with Crippen molar-refractivity contribution < 1.29 is 64.9 Å². The van der Waals surface area contributed by atoms with Gasteiger partial charge in [0, 0.05) is 11.1 Å². The first kappa shape index (κ1) is 29.7. The number of hydrogen-bond acceptors (Lipinski definition) is 13. The van der Waals surface area contributed by atoms with Gasteiger partial charge in [-0.15, -0.1) is 0 Å². The summed E-state index contributed by atoms with van der Waals surface area (Å²) in [6.07, 6.45) is -13.1. The first-order chi connectivity index (χ1) is 17.5. The molecule has 2 heterocycles. The zero-order chi connectivity index (χ0) is 27.4. The van der Waals surface area contributed by atoms with Crippen LogP contribution in [0.15, 0.2) is 23.8 Å². The Morgan fingerprint density at radius 3 is 1.51 bits per heavy atom. The minimum atomic E-state index is -1.67. The SMILES string of the molecule is CC(C)=CCc1c(OC2OC(CO)C(O)C(O)C2O)ccc(OC2OC(CO)C(O)C(O)C2O)c1CO. The van der Waals surface area contributed by atoms with E-state index >= 15 is 0 Å². The molecular formula is C24H36O13. The lowest BCUT2D eigenvalue weighted by Crippen LogP contribution is -2.60. The summed E-state index contributed by atoms with van der Waals surface area (Å²) >= 11 is 0. The van der Waals surface area contributed by atoms with E-state index in [0.29, 0.717) is 5.56 Å². The highest BCUT2D eigenvalue weighted by molar-refractivity contribution is 5.50. The number of ether oxygens (including phenoxy) is 4. The Kier molecular flexibility index (Phi) is 10.2. The van der Waals surface area contributed by atoms with Crippen LogP contribution < -0.4 is 9.47 Å². The van der Waals surface area contributed by atoms with Gasteiger partial charge in [-0.25, -0.2) is 0 Å². The molecule has 3 rings (SSSR count). The summed E-state index contributed by atoms with van der Waals surface area (Å²) in [7, 11) is 0. The number of benzene rings is 1. The molecule has 2 saturated heterocycles. The maximum Gasteiger partial charge on any atom is 0.229 e. The monoisotopic (exact) mass is 532 g/mol. The van der Waals surface area contributed by atoms with Crippen molar-refractivity contribution in [3.8, 4) is 11.5 Å². The Morgan fingerprint density at radius 1 is 0.703 bits per heavy atom. The van der Waals surface area contributed by atoms with Crippen molar-refractivity contribution in [2.45, 2.75) is 88.3 Å². The van der Waals surface area contributed by atoms with E-state index in [2.05, 4.69) is 0 Å². The van der Waals surface area contributed by atoms with Crippen LogP contribution in [0.25, 0.3) is 0 Å². The van der Waals surface area contributed by atoms with Gasteiger partial charge in [0.1, 0.15) is 60.3 Å². The van der Waals surface area contributed by atoms with Crippen LogP contribution in [-0.4, -0.2) is 121 Å². The molecule has 10 atom stereocenters. The molecule has 0 aromatic heterocycles. The fourth-order valence-corrected chi connectivity index (χ4v) is 4.15. The first-order valence-corrected chi connectivity index (χ1v) is 11.9. The zero-order valence-electron chi connectivity index (χ0n) is 20.5. The van der Waals surface area contributed by atoms with Crippen molar-refractivity contribution in [1.29, 1.82) is 0 Å². The van der Waals surface area contributed by atoms with Gasteiger partial charge in [0.05, 0.1) is 19.8 Å². The van der Waals surface area contributed by atoms with Crippen LogP contribution in [-0.2, 0) is 22.5 Å². The predicted octanol–water partition coefficient (Wildman–Crippen LogP) is -2.95. The maximum absolute atomic E-state index is 10.4. The molecule has 0 spiro atoms. The third-order valence-electron chi connectivity index (χ3n) is 6.40. The summed E-state index contributed by atoms with van der Waals surface area (Å²) in [5, 5.41) is 90.0. The Hall–Kier alpha value is -1.88. The molecule has 13 heteroatoms. The molecule has 2 aliphatic rings. The Balaban J connectivity index is 1.94. The van der Waals surface area contributed by atoms with Gasteiger partial charge in [-0.3, -0.25) is 0 Å². The molecule has 37 heavy (non-hydrogen) atoms. The topological polar surface area (TPSA) is 219 Å². The second kappa shape index (κ2) is 12.8. The summed E-state index contributed by atoms with van der Waals surface area (Å²) in [5.74, 6) is 0.178. The molecule has 2 aliphatic heterocycles. The molecule has 9 N–H and O–H groups in total. The largest absolute Gasteiger partial charge is 0.462 e. The molecule has 10 unspecified atom stereocenters. The van der Waals surface area contributed by atoms with E-state index in [0.717, 1.165) is 5.57 Å². The third kappa shape index (κ3) is 6.41. The molecule has 210 valence electrons. The molecule has 0 bridgehead atoms. The van der Waals surface area contributed by atoms with Crippen molar-refractivity contribution in [3.05, 3.63) is 34.9 Å². The molecular weight excluding hydrogens is 496 g/mol. The van der Waals surface area contributed by atoms with E-state index in [1.54, 1.807) is 0 Å². The van der Waals surface area contributed by atoms with Gasteiger partial charge in [0.2, 0.25) is 12.6 Å². The molecule has 0 amide bonds. The number of hydrogen-bond donors (Lipinski definition) is 9. The van der Waals surface area contributed by atoms with Crippen LogP contribution in [0.4, 0.5) is 0 Å². The molecule has 0 saturated carbocycles. The minimum absolute atomic E-state index is 0.0464. The highest BCUT2D eigenvalue weighted by Crippen LogP contribution is 2.36. The standard InChI is InChI=1S/C24H36O13/c1-10(2)3-4-11-12(7-25)14(35-24-22(33)20(31)18(29)16(9-27)37-24)6-5-13(11)34-23-21(32)19(30)17(28)15(8-26)36-23/h3,5-6,15-33H,4,7-9H2,1-2H3. The molecule has 0 radical (unpaired) electrons. The normalized spacial score (nSPS) is 36.2. The van der Waals surface area contributed by atoms with Crippen LogP contribution in [0.5, 0.6) is 11.5 Å². The lowest BCUT2D eigenvalue weighted by molar-refractivity contribution is -0.278. The second-order valence-corrected chi connectivity index (χ2v) is 9.29. The predicted molar refractivity (Wildman–Crippen MR) is 124 cm³/mol. The fraction of sp³-hybridized carbons (Fsp3) is 0.667. The maximum atomic E-state index is 10.4. The average Bonchev–Trinajstić information content (AvgIpc) is 2.88. The summed E-state index contributed by atoms with van der Waals surface area (Å²) in [5.41, 5.74) is 1.53. The molecule has 2 fully saturated rings. The highest BCUT2D eigenvalue weighted by atomic mass is 16.7. The number of aliphatic hydroxyl groups is 9. The first-order valence-electron chi connectivity index (χ1n) is 11.9. The van der Waals surface area contributed by atoms with Gasteiger partial charge in [0.25, 0.3) is 0 Å². The van der Waals surface area contributed by atoms with E-state index < -0.39 is 81.2 Å². The van der Waals surface area contributed by atoms with Crippen LogP contribution in [0, 0.1) is 0 Å². The lowest BCUT2D eigenvalue weighted by atomic mass is 9.98. The number of rotatable bonds is 9. The number of aliphatic hydroxyl groups excluding tert-OH is 9. The zero-order valence-corrected chi connectivity index (χ0v) is 20.5. The van der Waals surface area contributed by atoms with Gasteiger partial charge >= 0.3 is 0 Å². The minimum Gasteiger partial charge on any atom is -0.462 e. The third-order valence-corrected chi connectivity index (χ3v) is 6.40. The van der Waals surface area contributed by atoms with Crippen molar-refractivity contribution in [2.75, 3.05) is 13.2 Å². The Morgan fingerprint density at radius 2 is 1.14 bits per heavy atom. The quantitative estimate of drug-likeness (QED) is 0.145. The van der Waals surface area contributed by atoms with E-state index in [9.17, 15) is 46.0 Å². The molecule has 13 nitrogen and oxygen atoms in total. The summed E-state index contributed by atoms with van der Waals surface area (Å²) in [4.78, 5) is 0. The smallest absolute Gasteiger partial charge is 0.229 e. The van der Waals surface area contributed by atoms with Gasteiger partial charge in [-0.05, 0) is 32.4 Å². The molecule has 0 aliphatic carbocycles. The van der Waals surface area contributed by atoms with Crippen LogP contribution in [0.3, 0.4) is 0 Å². The van der Waals surface area contributed by atoms with Crippen LogP contribution in [0.2, 0.25) is 0 Å². The van der Waals surface area contributed by atoms with Crippen LogP contribution in [0.1, 0.15) is 25.0 Å². The van der Waals surface area contributed by atoms with Crippen molar-refractivity contribution in [2.24, 2.45) is 0 Å². The van der Waals surface area contributed by atoms with E-state index in [-0.39, 0.29) is 23.5 Å².